The van der Waals surface area contributed by atoms with Crippen LogP contribution in [0, 0.1) is 6.92 Å². The zero-order chi connectivity index (χ0) is 11.4. The second-order valence-corrected chi connectivity index (χ2v) is 4.60. The minimum Gasteiger partial charge on any atom is -0.242 e. The highest BCUT2D eigenvalue weighted by molar-refractivity contribution is 9.10. The number of hydrogen-bond donors (Lipinski definition) is 0. The van der Waals surface area contributed by atoms with Crippen molar-refractivity contribution in [2.24, 2.45) is 0 Å². The standard InChI is InChI=1S/C13H13BrN2/c1-10-8-12(16-9-15-10)7-6-11-4-2-3-5-13(11)14/h2-5,8-9H,6-7H2,1H3. The van der Waals surface area contributed by atoms with Gasteiger partial charge in [-0.25, -0.2) is 9.97 Å². The molecule has 1 aromatic heterocycles. The monoisotopic (exact) mass is 276 g/mol. The topological polar surface area (TPSA) is 25.8 Å². The van der Waals surface area contributed by atoms with Crippen LogP contribution in [0.4, 0.5) is 0 Å². The van der Waals surface area contributed by atoms with E-state index in [2.05, 4.69) is 44.1 Å². The molecule has 0 aliphatic rings. The van der Waals surface area contributed by atoms with Crippen molar-refractivity contribution in [3.63, 3.8) is 0 Å². The molecule has 0 unspecified atom stereocenters. The minimum atomic E-state index is 0.950. The maximum absolute atomic E-state index is 4.26. The molecule has 0 spiro atoms. The van der Waals surface area contributed by atoms with Gasteiger partial charge in [-0.2, -0.15) is 0 Å². The summed E-state index contributed by atoms with van der Waals surface area (Å²) in [6.07, 6.45) is 3.58. The highest BCUT2D eigenvalue weighted by Gasteiger charge is 2.00. The van der Waals surface area contributed by atoms with Gasteiger partial charge in [-0.1, -0.05) is 34.1 Å². The smallest absolute Gasteiger partial charge is 0.115 e. The summed E-state index contributed by atoms with van der Waals surface area (Å²) in [7, 11) is 0. The first-order valence-electron chi connectivity index (χ1n) is 5.26. The fourth-order valence-electron chi connectivity index (χ4n) is 1.61. The predicted octanol–water partition coefficient (Wildman–Crippen LogP) is 3.33. The van der Waals surface area contributed by atoms with E-state index in [0.717, 1.165) is 24.2 Å². The van der Waals surface area contributed by atoms with E-state index in [9.17, 15) is 0 Å². The lowest BCUT2D eigenvalue weighted by Crippen LogP contribution is -1.96. The lowest BCUT2D eigenvalue weighted by Gasteiger charge is -2.04. The molecule has 2 aromatic rings. The van der Waals surface area contributed by atoms with E-state index in [1.54, 1.807) is 6.33 Å². The van der Waals surface area contributed by atoms with Crippen LogP contribution >= 0.6 is 15.9 Å². The predicted molar refractivity (Wildman–Crippen MR) is 68.3 cm³/mol. The van der Waals surface area contributed by atoms with Crippen LogP contribution in [0.25, 0.3) is 0 Å². The first-order chi connectivity index (χ1) is 7.75. The normalized spacial score (nSPS) is 10.4. The third-order valence-corrected chi connectivity index (χ3v) is 3.24. The maximum Gasteiger partial charge on any atom is 0.115 e. The van der Waals surface area contributed by atoms with Crippen molar-refractivity contribution in [1.29, 1.82) is 0 Å². The quantitative estimate of drug-likeness (QED) is 0.860. The highest BCUT2D eigenvalue weighted by atomic mass is 79.9. The Hall–Kier alpha value is -1.22. The van der Waals surface area contributed by atoms with Crippen molar-refractivity contribution in [2.45, 2.75) is 19.8 Å². The molecular formula is C13H13BrN2. The second-order valence-electron chi connectivity index (χ2n) is 3.74. The van der Waals surface area contributed by atoms with Gasteiger partial charge in [-0.15, -0.1) is 0 Å². The Balaban J connectivity index is 2.05. The lowest BCUT2D eigenvalue weighted by atomic mass is 10.1. The summed E-state index contributed by atoms with van der Waals surface area (Å²) < 4.78 is 1.17. The average Bonchev–Trinajstić information content (AvgIpc) is 2.28. The molecule has 0 amide bonds. The fraction of sp³-hybridized carbons (Fsp3) is 0.231. The van der Waals surface area contributed by atoms with Gasteiger partial charge < -0.3 is 0 Å². The molecule has 1 heterocycles. The molecule has 2 nitrogen and oxygen atoms in total. The van der Waals surface area contributed by atoms with Crippen molar-refractivity contribution in [3.05, 3.63) is 58.1 Å². The van der Waals surface area contributed by atoms with Gasteiger partial charge >= 0.3 is 0 Å². The average molecular weight is 277 g/mol. The Morgan fingerprint density at radius 3 is 2.69 bits per heavy atom. The molecule has 0 atom stereocenters. The molecular weight excluding hydrogens is 264 g/mol. The van der Waals surface area contributed by atoms with Crippen LogP contribution in [0.15, 0.2) is 41.1 Å². The van der Waals surface area contributed by atoms with Crippen LogP contribution in [0.3, 0.4) is 0 Å². The summed E-state index contributed by atoms with van der Waals surface area (Å²) in [5.41, 5.74) is 3.44. The molecule has 0 saturated heterocycles. The largest absolute Gasteiger partial charge is 0.242 e. The third-order valence-electron chi connectivity index (χ3n) is 2.47. The van der Waals surface area contributed by atoms with Gasteiger partial charge in [0.05, 0.1) is 0 Å². The van der Waals surface area contributed by atoms with Gasteiger partial charge in [0.15, 0.2) is 0 Å². The van der Waals surface area contributed by atoms with Gasteiger partial charge in [0, 0.05) is 15.9 Å². The Morgan fingerprint density at radius 1 is 1.12 bits per heavy atom. The number of hydrogen-bond acceptors (Lipinski definition) is 2. The van der Waals surface area contributed by atoms with Crippen LogP contribution in [-0.2, 0) is 12.8 Å². The molecule has 0 saturated carbocycles. The van der Waals surface area contributed by atoms with Crippen LogP contribution in [0.5, 0.6) is 0 Å². The summed E-state index contributed by atoms with van der Waals surface area (Å²) in [5.74, 6) is 0. The first-order valence-corrected chi connectivity index (χ1v) is 6.06. The molecule has 0 bridgehead atoms. The van der Waals surface area contributed by atoms with Crippen molar-refractivity contribution < 1.29 is 0 Å². The van der Waals surface area contributed by atoms with Crippen LogP contribution < -0.4 is 0 Å². The Morgan fingerprint density at radius 2 is 1.94 bits per heavy atom. The van der Waals surface area contributed by atoms with E-state index in [4.69, 9.17) is 0 Å². The maximum atomic E-state index is 4.26. The summed E-state index contributed by atoms with van der Waals surface area (Å²) in [4.78, 5) is 8.35. The molecule has 82 valence electrons. The Labute approximate surface area is 104 Å². The molecule has 16 heavy (non-hydrogen) atoms. The zero-order valence-corrected chi connectivity index (χ0v) is 10.7. The summed E-state index contributed by atoms with van der Waals surface area (Å²) in [6.45, 7) is 1.99. The fourth-order valence-corrected chi connectivity index (χ4v) is 2.09. The third kappa shape index (κ3) is 2.89. The number of benzene rings is 1. The van der Waals surface area contributed by atoms with E-state index in [-0.39, 0.29) is 0 Å². The van der Waals surface area contributed by atoms with E-state index in [1.807, 2.05) is 19.1 Å². The number of aryl methyl sites for hydroxylation is 3. The Bertz CT molecular complexity index is 483. The number of halogens is 1. The van der Waals surface area contributed by atoms with Crippen LogP contribution in [0.1, 0.15) is 17.0 Å². The molecule has 0 fully saturated rings. The molecule has 0 aliphatic carbocycles. The number of aromatic nitrogens is 2. The number of nitrogens with zero attached hydrogens (tertiary/aromatic N) is 2. The SMILES string of the molecule is Cc1cc(CCc2ccccc2Br)ncn1. The van der Waals surface area contributed by atoms with Crippen molar-refractivity contribution in [2.75, 3.05) is 0 Å². The molecule has 2 rings (SSSR count). The molecule has 3 heteroatoms. The van der Waals surface area contributed by atoms with E-state index < -0.39 is 0 Å². The van der Waals surface area contributed by atoms with Gasteiger partial charge in [-0.05, 0) is 37.5 Å². The van der Waals surface area contributed by atoms with Crippen molar-refractivity contribution >= 4 is 15.9 Å². The summed E-state index contributed by atoms with van der Waals surface area (Å²) in [6, 6.07) is 10.3. The zero-order valence-electron chi connectivity index (χ0n) is 9.15. The highest BCUT2D eigenvalue weighted by Crippen LogP contribution is 2.17. The molecule has 1 aromatic carbocycles. The number of rotatable bonds is 3. The first kappa shape index (κ1) is 11.3. The van der Waals surface area contributed by atoms with E-state index in [1.165, 1.54) is 10.0 Å². The Kier molecular flexibility index (Phi) is 3.67. The van der Waals surface area contributed by atoms with Crippen LogP contribution in [-0.4, -0.2) is 9.97 Å². The van der Waals surface area contributed by atoms with E-state index >= 15 is 0 Å². The molecule has 0 aliphatic heterocycles. The van der Waals surface area contributed by atoms with Gasteiger partial charge in [-0.3, -0.25) is 0 Å². The molecule has 0 radical (unpaired) electrons. The van der Waals surface area contributed by atoms with E-state index in [0.29, 0.717) is 0 Å². The van der Waals surface area contributed by atoms with Gasteiger partial charge in [0.25, 0.3) is 0 Å². The lowest BCUT2D eigenvalue weighted by molar-refractivity contribution is 0.888. The molecule has 0 N–H and O–H groups in total. The minimum absolute atomic E-state index is 0.950. The second kappa shape index (κ2) is 5.21. The summed E-state index contributed by atoms with van der Waals surface area (Å²) >= 11 is 3.55. The van der Waals surface area contributed by atoms with Gasteiger partial charge in [0.1, 0.15) is 6.33 Å². The van der Waals surface area contributed by atoms with Crippen molar-refractivity contribution in [1.82, 2.24) is 9.97 Å². The van der Waals surface area contributed by atoms with Crippen molar-refractivity contribution in [3.8, 4) is 0 Å². The van der Waals surface area contributed by atoms with Gasteiger partial charge in [0.2, 0.25) is 0 Å². The summed E-state index contributed by atoms with van der Waals surface area (Å²) in [5, 5.41) is 0. The van der Waals surface area contributed by atoms with Crippen LogP contribution in [0.2, 0.25) is 0 Å².